The fraction of sp³-hybridized carbons (Fsp3) is 1.00. The number of rotatable bonds is 12. The third-order valence-electron chi connectivity index (χ3n) is 3.13. The van der Waals surface area contributed by atoms with Gasteiger partial charge in [-0.3, -0.25) is 4.39 Å². The SMILES string of the molecule is O=S(=O)([O-])CC(F)C(F)C(F)C(F)C(F)C(F)C(F)CCCCF.[Na+]. The zero-order valence-corrected chi connectivity index (χ0v) is 16.1. The van der Waals surface area contributed by atoms with Crippen LogP contribution >= 0.6 is 0 Å². The van der Waals surface area contributed by atoms with Crippen LogP contribution in [0, 0.1) is 0 Å². The van der Waals surface area contributed by atoms with Gasteiger partial charge in [-0.15, -0.1) is 0 Å². The minimum absolute atomic E-state index is 0. The van der Waals surface area contributed by atoms with Gasteiger partial charge in [0.15, 0.2) is 30.9 Å². The van der Waals surface area contributed by atoms with Crippen molar-refractivity contribution in [2.45, 2.75) is 62.5 Å². The Bertz CT molecular complexity index is 458. The van der Waals surface area contributed by atoms with E-state index >= 15 is 0 Å². The standard InChI is InChI=1S/C12H18F8O3S.Na/c13-4-2-1-3-6(14)8(16)10(18)12(20)11(19)9(17)7(15)5-24(21,22)23;/h6-12H,1-5H2,(H,21,22,23);/q;+1/p-1. The summed E-state index contributed by atoms with van der Waals surface area (Å²) < 4.78 is 135. The molecular formula is C12H17F8NaO3S. The number of unbranched alkanes of at least 4 members (excludes halogenated alkanes) is 1. The first-order valence-corrected chi connectivity index (χ1v) is 8.48. The van der Waals surface area contributed by atoms with Crippen LogP contribution in [0.15, 0.2) is 0 Å². The summed E-state index contributed by atoms with van der Waals surface area (Å²) in [5, 5.41) is 0. The number of alkyl halides is 8. The molecule has 0 rings (SSSR count). The molecule has 7 atom stereocenters. The van der Waals surface area contributed by atoms with Crippen molar-refractivity contribution in [1.82, 2.24) is 0 Å². The number of halogens is 8. The molecule has 0 N–H and O–H groups in total. The summed E-state index contributed by atoms with van der Waals surface area (Å²) in [7, 11) is -5.30. The molecule has 0 aromatic carbocycles. The Morgan fingerprint density at radius 3 is 1.52 bits per heavy atom. The van der Waals surface area contributed by atoms with Gasteiger partial charge in [-0.1, -0.05) is 0 Å². The molecule has 0 heterocycles. The van der Waals surface area contributed by atoms with Crippen molar-refractivity contribution in [2.24, 2.45) is 0 Å². The molecule has 0 aliphatic carbocycles. The van der Waals surface area contributed by atoms with E-state index in [1.165, 1.54) is 0 Å². The molecule has 7 unspecified atom stereocenters. The van der Waals surface area contributed by atoms with Gasteiger partial charge in [-0.05, 0) is 19.3 Å². The predicted octanol–water partition coefficient (Wildman–Crippen LogP) is 0.0421. The maximum absolute atomic E-state index is 13.4. The summed E-state index contributed by atoms with van der Waals surface area (Å²) >= 11 is 0. The van der Waals surface area contributed by atoms with E-state index in [-0.39, 0.29) is 42.4 Å². The Morgan fingerprint density at radius 2 is 1.12 bits per heavy atom. The molecule has 3 nitrogen and oxygen atoms in total. The third kappa shape index (κ3) is 10.3. The molecule has 0 aliphatic rings. The van der Waals surface area contributed by atoms with Crippen LogP contribution in [0.25, 0.3) is 0 Å². The topological polar surface area (TPSA) is 57.2 Å². The van der Waals surface area contributed by atoms with Crippen molar-refractivity contribution in [3.8, 4) is 0 Å². The summed E-state index contributed by atoms with van der Waals surface area (Å²) in [4.78, 5) is 0. The minimum Gasteiger partial charge on any atom is -0.748 e. The van der Waals surface area contributed by atoms with E-state index in [0.29, 0.717) is 0 Å². The van der Waals surface area contributed by atoms with Gasteiger partial charge in [0.2, 0.25) is 0 Å². The van der Waals surface area contributed by atoms with E-state index in [0.717, 1.165) is 0 Å². The quantitative estimate of drug-likeness (QED) is 0.196. The van der Waals surface area contributed by atoms with Crippen LogP contribution in [-0.2, 0) is 10.1 Å². The molecule has 0 aromatic heterocycles. The molecule has 0 spiro atoms. The van der Waals surface area contributed by atoms with Crippen molar-refractivity contribution < 1.29 is 77.7 Å². The van der Waals surface area contributed by atoms with Gasteiger partial charge in [0.25, 0.3) is 0 Å². The summed E-state index contributed by atoms with van der Waals surface area (Å²) in [5.74, 6) is -2.02. The first kappa shape index (κ1) is 27.6. The zero-order valence-electron chi connectivity index (χ0n) is 13.2. The molecule has 13 heteroatoms. The number of hydrogen-bond acceptors (Lipinski definition) is 3. The van der Waals surface area contributed by atoms with Crippen LogP contribution in [0.5, 0.6) is 0 Å². The average molecular weight is 416 g/mol. The van der Waals surface area contributed by atoms with Crippen molar-refractivity contribution in [3.05, 3.63) is 0 Å². The monoisotopic (exact) mass is 416 g/mol. The molecule has 0 aliphatic heterocycles. The van der Waals surface area contributed by atoms with Gasteiger partial charge in [0, 0.05) is 0 Å². The molecule has 0 saturated heterocycles. The maximum atomic E-state index is 13.4. The van der Waals surface area contributed by atoms with Crippen molar-refractivity contribution in [3.63, 3.8) is 0 Å². The molecule has 146 valence electrons. The molecule has 0 bridgehead atoms. The van der Waals surface area contributed by atoms with Crippen molar-refractivity contribution >= 4 is 10.1 Å². The second-order valence-corrected chi connectivity index (χ2v) is 6.61. The van der Waals surface area contributed by atoms with E-state index in [2.05, 4.69) is 0 Å². The molecular weight excluding hydrogens is 399 g/mol. The van der Waals surface area contributed by atoms with Gasteiger partial charge in [0.05, 0.1) is 22.5 Å². The van der Waals surface area contributed by atoms with Crippen LogP contribution in [0.2, 0.25) is 0 Å². The van der Waals surface area contributed by atoms with Gasteiger partial charge in [0.1, 0.15) is 12.3 Å². The van der Waals surface area contributed by atoms with E-state index in [1.807, 2.05) is 0 Å². The Kier molecular flexibility index (Phi) is 14.0. The average Bonchev–Trinajstić information content (AvgIpc) is 2.49. The molecule has 0 amide bonds. The zero-order chi connectivity index (χ0) is 19.1. The van der Waals surface area contributed by atoms with E-state index < -0.39 is 72.2 Å². The minimum atomic E-state index is -5.30. The van der Waals surface area contributed by atoms with Gasteiger partial charge >= 0.3 is 29.6 Å². The van der Waals surface area contributed by atoms with Gasteiger partial charge in [-0.25, -0.2) is 39.2 Å². The van der Waals surface area contributed by atoms with Crippen molar-refractivity contribution in [1.29, 1.82) is 0 Å². The molecule has 25 heavy (non-hydrogen) atoms. The summed E-state index contributed by atoms with van der Waals surface area (Å²) in [6.45, 7) is -0.842. The largest absolute Gasteiger partial charge is 1.00 e. The fourth-order valence-corrected chi connectivity index (χ4v) is 2.38. The summed E-state index contributed by atoms with van der Waals surface area (Å²) in [6, 6.07) is 0. The Morgan fingerprint density at radius 1 is 0.720 bits per heavy atom. The first-order chi connectivity index (χ1) is 10.9. The van der Waals surface area contributed by atoms with E-state index in [9.17, 15) is 48.1 Å². The van der Waals surface area contributed by atoms with Crippen molar-refractivity contribution in [2.75, 3.05) is 12.4 Å². The summed E-state index contributed by atoms with van der Waals surface area (Å²) in [6.07, 6.45) is -24.5. The number of hydrogen-bond donors (Lipinski definition) is 0. The molecule has 0 saturated carbocycles. The van der Waals surface area contributed by atoms with Gasteiger partial charge < -0.3 is 4.55 Å². The second kappa shape index (κ2) is 12.7. The van der Waals surface area contributed by atoms with Crippen LogP contribution in [-0.4, -0.2) is 68.6 Å². The van der Waals surface area contributed by atoms with E-state index in [4.69, 9.17) is 0 Å². The van der Waals surface area contributed by atoms with Gasteiger partial charge in [-0.2, -0.15) is 0 Å². The third-order valence-corrected chi connectivity index (χ3v) is 3.86. The van der Waals surface area contributed by atoms with Crippen LogP contribution in [0.1, 0.15) is 19.3 Å². The second-order valence-electron chi connectivity index (χ2n) is 5.16. The fourth-order valence-electron chi connectivity index (χ4n) is 1.81. The van der Waals surface area contributed by atoms with Crippen LogP contribution < -0.4 is 29.6 Å². The van der Waals surface area contributed by atoms with E-state index in [1.54, 1.807) is 0 Å². The van der Waals surface area contributed by atoms with Crippen LogP contribution in [0.3, 0.4) is 0 Å². The summed E-state index contributed by atoms with van der Waals surface area (Å²) in [5.41, 5.74) is 0. The Balaban J connectivity index is 0. The molecule has 0 fully saturated rings. The normalized spacial score (nSPS) is 20.7. The Hall–Kier alpha value is 0.350. The van der Waals surface area contributed by atoms with Crippen LogP contribution in [0.4, 0.5) is 35.1 Å². The maximum Gasteiger partial charge on any atom is 1.00 e. The predicted molar refractivity (Wildman–Crippen MR) is 68.7 cm³/mol. The first-order valence-electron chi connectivity index (χ1n) is 6.90. The molecule has 0 aromatic rings. The molecule has 0 radical (unpaired) electrons. The smallest absolute Gasteiger partial charge is 0.748 e. The Labute approximate surface area is 162 Å².